The van der Waals surface area contributed by atoms with Crippen molar-refractivity contribution in [1.82, 2.24) is 24.2 Å². The number of benzene rings is 3. The van der Waals surface area contributed by atoms with Crippen LogP contribution >= 0.6 is 15.9 Å². The fourth-order valence-corrected chi connectivity index (χ4v) is 4.23. The van der Waals surface area contributed by atoms with Gasteiger partial charge in [-0.25, -0.2) is 15.0 Å². The fraction of sp³-hybridized carbons (Fsp3) is 0. The van der Waals surface area contributed by atoms with E-state index < -0.39 is 0 Å². The summed E-state index contributed by atoms with van der Waals surface area (Å²) in [4.78, 5) is 27.7. The van der Waals surface area contributed by atoms with Crippen LogP contribution in [0.4, 0.5) is 0 Å². The molecule has 158 valence electrons. The Morgan fingerprint density at radius 1 is 0.848 bits per heavy atom. The number of para-hydroxylation sites is 3. The maximum absolute atomic E-state index is 13.6. The molecule has 6 rings (SSSR count). The molecular formula is C25H15BrN6O. The van der Waals surface area contributed by atoms with Gasteiger partial charge in [0.1, 0.15) is 17.2 Å². The minimum atomic E-state index is -0.225. The smallest absolute Gasteiger partial charge is 0.268 e. The van der Waals surface area contributed by atoms with Crippen LogP contribution in [0.2, 0.25) is 0 Å². The van der Waals surface area contributed by atoms with Crippen LogP contribution in [-0.4, -0.2) is 30.4 Å². The molecule has 7 nitrogen and oxygen atoms in total. The van der Waals surface area contributed by atoms with Crippen LogP contribution in [-0.2, 0) is 0 Å². The Labute approximate surface area is 195 Å². The lowest BCUT2D eigenvalue weighted by Gasteiger charge is -2.04. The van der Waals surface area contributed by atoms with Gasteiger partial charge in [-0.15, -0.1) is 0 Å². The van der Waals surface area contributed by atoms with Crippen LogP contribution in [0.5, 0.6) is 0 Å². The van der Waals surface area contributed by atoms with Crippen LogP contribution in [0.25, 0.3) is 38.9 Å². The molecule has 8 heteroatoms. The number of nitrogens with zero attached hydrogens (tertiary/aromatic N) is 6. The molecule has 6 aromatic rings. The van der Waals surface area contributed by atoms with E-state index in [0.29, 0.717) is 27.7 Å². The predicted molar refractivity (Wildman–Crippen MR) is 133 cm³/mol. The van der Waals surface area contributed by atoms with Crippen molar-refractivity contribution >= 4 is 55.4 Å². The van der Waals surface area contributed by atoms with Crippen LogP contribution in [0.15, 0.2) is 99.6 Å². The molecule has 3 heterocycles. The van der Waals surface area contributed by atoms with E-state index in [2.05, 4.69) is 26.0 Å². The van der Waals surface area contributed by atoms with Crippen molar-refractivity contribution < 1.29 is 0 Å². The van der Waals surface area contributed by atoms with Gasteiger partial charge in [-0.2, -0.15) is 9.78 Å². The zero-order chi connectivity index (χ0) is 22.4. The Morgan fingerprint density at radius 2 is 1.61 bits per heavy atom. The van der Waals surface area contributed by atoms with Gasteiger partial charge in [0.15, 0.2) is 11.3 Å². The molecule has 0 fully saturated rings. The number of fused-ring (bicyclic) bond motifs is 4. The minimum Gasteiger partial charge on any atom is -0.268 e. The van der Waals surface area contributed by atoms with E-state index in [-0.39, 0.29) is 5.56 Å². The predicted octanol–water partition coefficient (Wildman–Crippen LogP) is 4.93. The Hall–Kier alpha value is -4.17. The van der Waals surface area contributed by atoms with E-state index in [1.807, 2.05) is 78.9 Å². The molecule has 0 amide bonds. The van der Waals surface area contributed by atoms with Gasteiger partial charge >= 0.3 is 0 Å². The average Bonchev–Trinajstić information content (AvgIpc) is 3.15. The fourth-order valence-electron chi connectivity index (χ4n) is 3.81. The van der Waals surface area contributed by atoms with E-state index in [9.17, 15) is 4.79 Å². The molecule has 0 aliphatic rings. The molecule has 0 spiro atoms. The second kappa shape index (κ2) is 7.75. The van der Waals surface area contributed by atoms with Crippen molar-refractivity contribution in [3.63, 3.8) is 0 Å². The van der Waals surface area contributed by atoms with E-state index in [1.54, 1.807) is 10.9 Å². The van der Waals surface area contributed by atoms with E-state index in [0.717, 1.165) is 21.2 Å². The van der Waals surface area contributed by atoms with Crippen molar-refractivity contribution in [3.8, 4) is 5.69 Å². The number of hydrogen-bond acceptors (Lipinski definition) is 5. The van der Waals surface area contributed by atoms with Crippen LogP contribution in [0.3, 0.4) is 0 Å². The van der Waals surface area contributed by atoms with E-state index in [1.165, 1.54) is 10.9 Å². The zero-order valence-electron chi connectivity index (χ0n) is 17.1. The van der Waals surface area contributed by atoms with Gasteiger partial charge in [-0.05, 0) is 42.0 Å². The highest BCUT2D eigenvalue weighted by Crippen LogP contribution is 2.25. The minimum absolute atomic E-state index is 0.225. The maximum atomic E-state index is 13.6. The largest absolute Gasteiger partial charge is 0.269 e. The molecular weight excluding hydrogens is 480 g/mol. The maximum Gasteiger partial charge on any atom is 0.269 e. The summed E-state index contributed by atoms with van der Waals surface area (Å²) < 4.78 is 4.05. The SMILES string of the molecule is O=c1c2c3nc4ccccc4nc3n(/N=C/c3cccc(Br)c3)c2ncn1-c1ccccc1. The Balaban J connectivity index is 1.68. The second-order valence-corrected chi connectivity index (χ2v) is 8.37. The van der Waals surface area contributed by atoms with E-state index in [4.69, 9.17) is 9.97 Å². The van der Waals surface area contributed by atoms with Gasteiger partial charge < -0.3 is 0 Å². The number of aromatic nitrogens is 5. The summed E-state index contributed by atoms with van der Waals surface area (Å²) in [5, 5.41) is 5.02. The lowest BCUT2D eigenvalue weighted by molar-refractivity contribution is 0.906. The summed E-state index contributed by atoms with van der Waals surface area (Å²) in [6.07, 6.45) is 3.23. The average molecular weight is 495 g/mol. The number of hydrogen-bond donors (Lipinski definition) is 0. The topological polar surface area (TPSA) is 78.0 Å². The Kier molecular flexibility index (Phi) is 4.58. The Bertz CT molecular complexity index is 1750. The molecule has 0 aliphatic carbocycles. The molecule has 0 atom stereocenters. The molecule has 0 aliphatic heterocycles. The lowest BCUT2D eigenvalue weighted by Crippen LogP contribution is -2.18. The first-order valence-corrected chi connectivity index (χ1v) is 11.0. The van der Waals surface area contributed by atoms with Crippen LogP contribution in [0, 0.1) is 0 Å². The first-order chi connectivity index (χ1) is 16.2. The molecule has 0 saturated carbocycles. The monoisotopic (exact) mass is 494 g/mol. The standard InChI is InChI=1S/C25H15BrN6O/c26-17-8-6-7-16(13-17)14-28-32-23-21(22-24(32)30-20-12-5-4-11-19(20)29-22)25(33)31(15-27-23)18-9-2-1-3-10-18/h1-15H/b28-14+. The normalized spacial score (nSPS) is 11.8. The summed E-state index contributed by atoms with van der Waals surface area (Å²) in [6.45, 7) is 0. The van der Waals surface area contributed by atoms with Gasteiger partial charge in [0.2, 0.25) is 0 Å². The van der Waals surface area contributed by atoms with Gasteiger partial charge in [0.05, 0.1) is 22.9 Å². The molecule has 0 radical (unpaired) electrons. The third-order valence-electron chi connectivity index (χ3n) is 5.35. The summed E-state index contributed by atoms with van der Waals surface area (Å²) in [5.74, 6) is 0. The molecule has 0 N–H and O–H groups in total. The molecule has 3 aromatic carbocycles. The van der Waals surface area contributed by atoms with Gasteiger partial charge in [-0.1, -0.05) is 58.4 Å². The van der Waals surface area contributed by atoms with Crippen molar-refractivity contribution in [3.05, 3.63) is 106 Å². The molecule has 3 aromatic heterocycles. The summed E-state index contributed by atoms with van der Waals surface area (Å²) in [6, 6.07) is 24.7. The number of halogens is 1. The summed E-state index contributed by atoms with van der Waals surface area (Å²) in [7, 11) is 0. The van der Waals surface area contributed by atoms with Crippen molar-refractivity contribution in [1.29, 1.82) is 0 Å². The second-order valence-electron chi connectivity index (χ2n) is 7.45. The molecule has 0 saturated heterocycles. The van der Waals surface area contributed by atoms with E-state index >= 15 is 0 Å². The number of rotatable bonds is 3. The van der Waals surface area contributed by atoms with Crippen molar-refractivity contribution in [2.45, 2.75) is 0 Å². The quantitative estimate of drug-likeness (QED) is 0.327. The van der Waals surface area contributed by atoms with Crippen molar-refractivity contribution in [2.75, 3.05) is 0 Å². The van der Waals surface area contributed by atoms with Gasteiger partial charge in [0, 0.05) is 4.47 Å². The van der Waals surface area contributed by atoms with Crippen LogP contribution in [0.1, 0.15) is 5.56 Å². The summed E-state index contributed by atoms with van der Waals surface area (Å²) >= 11 is 3.48. The van der Waals surface area contributed by atoms with Gasteiger partial charge in [0.25, 0.3) is 5.56 Å². The lowest BCUT2D eigenvalue weighted by atomic mass is 10.2. The molecule has 33 heavy (non-hydrogen) atoms. The molecule has 0 unspecified atom stereocenters. The summed E-state index contributed by atoms with van der Waals surface area (Å²) in [5.41, 5.74) is 4.17. The zero-order valence-corrected chi connectivity index (χ0v) is 18.7. The Morgan fingerprint density at radius 3 is 2.39 bits per heavy atom. The third-order valence-corrected chi connectivity index (χ3v) is 5.84. The highest BCUT2D eigenvalue weighted by molar-refractivity contribution is 9.10. The highest BCUT2D eigenvalue weighted by Gasteiger charge is 2.20. The van der Waals surface area contributed by atoms with Crippen LogP contribution < -0.4 is 5.56 Å². The highest BCUT2D eigenvalue weighted by atomic mass is 79.9. The first-order valence-electron chi connectivity index (χ1n) is 10.2. The third kappa shape index (κ3) is 3.32. The van der Waals surface area contributed by atoms with Crippen molar-refractivity contribution in [2.24, 2.45) is 5.10 Å². The molecule has 0 bridgehead atoms. The first kappa shape index (κ1) is 19.5. The van der Waals surface area contributed by atoms with Gasteiger partial charge in [-0.3, -0.25) is 9.36 Å².